The Hall–Kier alpha value is -0.880. The van der Waals surface area contributed by atoms with Crippen LogP contribution >= 0.6 is 15.9 Å². The predicted molar refractivity (Wildman–Crippen MR) is 81.0 cm³/mol. The third kappa shape index (κ3) is 4.04. The van der Waals surface area contributed by atoms with E-state index >= 15 is 0 Å². The molecule has 2 N–H and O–H groups in total. The number of hydrogen-bond donors (Lipinski definition) is 1. The Kier molecular flexibility index (Phi) is 4.79. The van der Waals surface area contributed by atoms with E-state index < -0.39 is 14.6 Å². The van der Waals surface area contributed by atoms with E-state index in [1.54, 1.807) is 39.0 Å². The smallest absolute Gasteiger partial charge is 0.163 e. The molecule has 0 fully saturated rings. The van der Waals surface area contributed by atoms with Gasteiger partial charge in [0.1, 0.15) is 0 Å². The molecular weight excluding hydrogens is 330 g/mol. The first-order valence-electron chi connectivity index (χ1n) is 5.85. The zero-order chi connectivity index (χ0) is 14.8. The number of carbonyl (C=O) groups excluding carboxylic acids is 1. The van der Waals surface area contributed by atoms with Crippen molar-refractivity contribution in [3.05, 3.63) is 28.2 Å². The van der Waals surface area contributed by atoms with Crippen LogP contribution in [0.25, 0.3) is 0 Å². The molecular formula is C13H18BrNO3S. The summed E-state index contributed by atoms with van der Waals surface area (Å²) in [6, 6.07) is 4.84. The second kappa shape index (κ2) is 5.63. The molecule has 0 saturated carbocycles. The number of benzene rings is 1. The second-order valence-corrected chi connectivity index (χ2v) is 9.06. The molecule has 0 amide bonds. The van der Waals surface area contributed by atoms with Gasteiger partial charge in [-0.25, -0.2) is 8.42 Å². The van der Waals surface area contributed by atoms with Crippen LogP contribution in [0.1, 0.15) is 37.6 Å². The number of nitrogen functional groups attached to an aromatic ring is 1. The summed E-state index contributed by atoms with van der Waals surface area (Å²) in [5.74, 6) is -0.342. The average Bonchev–Trinajstić information content (AvgIpc) is 2.28. The van der Waals surface area contributed by atoms with Crippen LogP contribution in [0.5, 0.6) is 0 Å². The quantitative estimate of drug-likeness (QED) is 0.670. The summed E-state index contributed by atoms with van der Waals surface area (Å²) in [5, 5.41) is 0. The molecule has 0 bridgehead atoms. The molecule has 106 valence electrons. The van der Waals surface area contributed by atoms with Gasteiger partial charge in [0.2, 0.25) is 0 Å². The molecule has 0 heterocycles. The second-order valence-electron chi connectivity index (χ2n) is 5.34. The van der Waals surface area contributed by atoms with Crippen molar-refractivity contribution in [3.63, 3.8) is 0 Å². The summed E-state index contributed by atoms with van der Waals surface area (Å²) < 4.78 is 23.7. The van der Waals surface area contributed by atoms with Gasteiger partial charge >= 0.3 is 0 Å². The molecule has 19 heavy (non-hydrogen) atoms. The number of nitrogens with two attached hydrogens (primary N) is 1. The summed E-state index contributed by atoms with van der Waals surface area (Å²) in [6.07, 6.45) is -0.0179. The lowest BCUT2D eigenvalue weighted by atomic mass is 10.1. The minimum absolute atomic E-state index is 0.0179. The lowest BCUT2D eigenvalue weighted by molar-refractivity contribution is 0.0988. The Morgan fingerprint density at radius 2 is 1.89 bits per heavy atom. The van der Waals surface area contributed by atoms with E-state index in [4.69, 9.17) is 5.73 Å². The topological polar surface area (TPSA) is 77.2 Å². The van der Waals surface area contributed by atoms with Gasteiger partial charge in [0.25, 0.3) is 0 Å². The number of anilines is 1. The Morgan fingerprint density at radius 3 is 2.37 bits per heavy atom. The molecule has 0 spiro atoms. The summed E-state index contributed by atoms with van der Waals surface area (Å²) >= 11 is 3.24. The standard InChI is InChI=1S/C13H18BrNO3S/c1-13(2,3)19(17,18)7-6-12(16)9-4-5-11(15)10(14)8-9/h4-5,8H,6-7,15H2,1-3H3. The number of rotatable bonds is 4. The van der Waals surface area contributed by atoms with E-state index in [9.17, 15) is 13.2 Å². The Bertz CT molecular complexity index is 588. The predicted octanol–water partition coefficient (Wildman–Crippen LogP) is 2.82. The molecule has 0 radical (unpaired) electrons. The minimum atomic E-state index is -3.28. The van der Waals surface area contributed by atoms with Crippen LogP contribution in [0.3, 0.4) is 0 Å². The first kappa shape index (κ1) is 16.2. The molecule has 4 nitrogen and oxygen atoms in total. The van der Waals surface area contributed by atoms with Gasteiger partial charge in [-0.1, -0.05) is 0 Å². The van der Waals surface area contributed by atoms with Gasteiger partial charge in [-0.05, 0) is 54.9 Å². The Morgan fingerprint density at radius 1 is 1.32 bits per heavy atom. The van der Waals surface area contributed by atoms with Crippen LogP contribution in [0, 0.1) is 0 Å². The van der Waals surface area contributed by atoms with E-state index in [-0.39, 0.29) is 18.0 Å². The first-order valence-corrected chi connectivity index (χ1v) is 8.29. The number of ketones is 1. The van der Waals surface area contributed by atoms with E-state index in [1.165, 1.54) is 0 Å². The number of sulfone groups is 1. The van der Waals surface area contributed by atoms with Crippen molar-refractivity contribution < 1.29 is 13.2 Å². The van der Waals surface area contributed by atoms with Gasteiger partial charge in [-0.3, -0.25) is 4.79 Å². The monoisotopic (exact) mass is 347 g/mol. The molecule has 1 aromatic rings. The first-order chi connectivity index (χ1) is 8.54. The van der Waals surface area contributed by atoms with Crippen molar-refractivity contribution in [1.82, 2.24) is 0 Å². The Balaban J connectivity index is 2.79. The van der Waals surface area contributed by atoms with E-state index in [1.807, 2.05) is 0 Å². The molecule has 0 saturated heterocycles. The van der Waals surface area contributed by atoms with E-state index in [0.717, 1.165) is 0 Å². The fourth-order valence-corrected chi connectivity index (χ4v) is 2.82. The Labute approximate surface area is 122 Å². The summed E-state index contributed by atoms with van der Waals surface area (Å²) in [4.78, 5) is 12.0. The van der Waals surface area contributed by atoms with Crippen LogP contribution in [-0.2, 0) is 9.84 Å². The summed E-state index contributed by atoms with van der Waals surface area (Å²) in [5.41, 5.74) is 6.64. The largest absolute Gasteiger partial charge is 0.398 e. The number of Topliss-reactive ketones (excluding diaryl/α,β-unsaturated/α-hetero) is 1. The summed E-state index contributed by atoms with van der Waals surface area (Å²) in [7, 11) is -3.28. The molecule has 1 rings (SSSR count). The van der Waals surface area contributed by atoms with Gasteiger partial charge in [0, 0.05) is 22.1 Å². The van der Waals surface area contributed by atoms with Gasteiger partial charge in [-0.2, -0.15) is 0 Å². The van der Waals surface area contributed by atoms with E-state index in [0.29, 0.717) is 15.7 Å². The van der Waals surface area contributed by atoms with Crippen molar-refractivity contribution in [2.75, 3.05) is 11.5 Å². The maximum absolute atomic E-state index is 12.0. The fourth-order valence-electron chi connectivity index (χ4n) is 1.38. The van der Waals surface area contributed by atoms with Crippen molar-refractivity contribution in [2.45, 2.75) is 31.9 Å². The molecule has 0 aliphatic rings. The lowest BCUT2D eigenvalue weighted by Crippen LogP contribution is -2.31. The zero-order valence-electron chi connectivity index (χ0n) is 11.2. The maximum atomic E-state index is 12.0. The number of halogens is 1. The third-order valence-electron chi connectivity index (χ3n) is 2.85. The highest BCUT2D eigenvalue weighted by atomic mass is 79.9. The third-order valence-corrected chi connectivity index (χ3v) is 6.15. The molecule has 6 heteroatoms. The van der Waals surface area contributed by atoms with Crippen molar-refractivity contribution in [2.24, 2.45) is 0 Å². The van der Waals surface area contributed by atoms with Crippen molar-refractivity contribution in [1.29, 1.82) is 0 Å². The van der Waals surface area contributed by atoms with Crippen LogP contribution < -0.4 is 5.73 Å². The molecule has 0 unspecified atom stereocenters. The molecule has 0 aliphatic carbocycles. The normalized spacial score (nSPS) is 12.4. The van der Waals surface area contributed by atoms with E-state index in [2.05, 4.69) is 15.9 Å². The van der Waals surface area contributed by atoms with Gasteiger partial charge < -0.3 is 5.73 Å². The van der Waals surface area contributed by atoms with Crippen LogP contribution in [0.2, 0.25) is 0 Å². The highest BCUT2D eigenvalue weighted by molar-refractivity contribution is 9.10. The average molecular weight is 348 g/mol. The molecule has 0 aromatic heterocycles. The number of carbonyl (C=O) groups is 1. The molecule has 0 aliphatic heterocycles. The lowest BCUT2D eigenvalue weighted by Gasteiger charge is -2.18. The molecule has 0 atom stereocenters. The minimum Gasteiger partial charge on any atom is -0.398 e. The summed E-state index contributed by atoms with van der Waals surface area (Å²) in [6.45, 7) is 4.89. The van der Waals surface area contributed by atoms with Crippen LogP contribution in [0.4, 0.5) is 5.69 Å². The van der Waals surface area contributed by atoms with Gasteiger partial charge in [0.15, 0.2) is 15.6 Å². The van der Waals surface area contributed by atoms with Crippen molar-refractivity contribution >= 4 is 37.2 Å². The molecule has 1 aromatic carbocycles. The highest BCUT2D eigenvalue weighted by Gasteiger charge is 2.29. The van der Waals surface area contributed by atoms with Gasteiger partial charge in [0.05, 0.1) is 10.5 Å². The number of hydrogen-bond acceptors (Lipinski definition) is 4. The van der Waals surface area contributed by atoms with Crippen molar-refractivity contribution in [3.8, 4) is 0 Å². The fraction of sp³-hybridized carbons (Fsp3) is 0.462. The zero-order valence-corrected chi connectivity index (χ0v) is 13.6. The maximum Gasteiger partial charge on any atom is 0.163 e. The van der Waals surface area contributed by atoms with Crippen LogP contribution in [-0.4, -0.2) is 24.7 Å². The SMILES string of the molecule is CC(C)(C)S(=O)(=O)CCC(=O)c1ccc(N)c(Br)c1. The van der Waals surface area contributed by atoms with Crippen LogP contribution in [0.15, 0.2) is 22.7 Å². The highest BCUT2D eigenvalue weighted by Crippen LogP contribution is 2.22. The van der Waals surface area contributed by atoms with Gasteiger partial charge in [-0.15, -0.1) is 0 Å².